The maximum absolute atomic E-state index is 12.2. The van der Waals surface area contributed by atoms with Crippen LogP contribution in [0.15, 0.2) is 0 Å². The summed E-state index contributed by atoms with van der Waals surface area (Å²) in [6.45, 7) is 4.64. The van der Waals surface area contributed by atoms with Crippen LogP contribution in [0, 0.1) is 0 Å². The van der Waals surface area contributed by atoms with Crippen LogP contribution in [0.25, 0.3) is 0 Å². The van der Waals surface area contributed by atoms with Gasteiger partial charge in [0.15, 0.2) is 0 Å². The van der Waals surface area contributed by atoms with Crippen LogP contribution in [-0.2, 0) is 14.4 Å². The van der Waals surface area contributed by atoms with E-state index in [1.54, 1.807) is 20.8 Å². The molecular formula is C13H21N3O5. The zero-order valence-electron chi connectivity index (χ0n) is 12.7. The number of aliphatic carboxylic acids is 1. The number of urea groups is 1. The van der Waals surface area contributed by atoms with Crippen LogP contribution >= 0.6 is 0 Å². The molecule has 1 fully saturated rings. The van der Waals surface area contributed by atoms with E-state index in [9.17, 15) is 19.2 Å². The van der Waals surface area contributed by atoms with Gasteiger partial charge < -0.3 is 15.3 Å². The molecule has 4 amide bonds. The summed E-state index contributed by atoms with van der Waals surface area (Å²) in [6.07, 6.45) is 0.389. The van der Waals surface area contributed by atoms with Crippen molar-refractivity contribution >= 4 is 23.8 Å². The molecule has 1 unspecified atom stereocenters. The molecule has 1 heterocycles. The normalized spacial score (nSPS) is 19.4. The average molecular weight is 299 g/mol. The van der Waals surface area contributed by atoms with E-state index in [-0.39, 0.29) is 18.7 Å². The molecule has 0 radical (unpaired) electrons. The second-order valence-electron chi connectivity index (χ2n) is 5.98. The Labute approximate surface area is 123 Å². The molecule has 1 atom stereocenters. The topological polar surface area (TPSA) is 107 Å². The van der Waals surface area contributed by atoms with Gasteiger partial charge in [-0.3, -0.25) is 19.3 Å². The van der Waals surface area contributed by atoms with E-state index in [0.29, 0.717) is 0 Å². The van der Waals surface area contributed by atoms with Gasteiger partial charge in [0, 0.05) is 19.0 Å². The van der Waals surface area contributed by atoms with E-state index in [2.05, 4.69) is 5.32 Å². The number of rotatable bonds is 3. The van der Waals surface area contributed by atoms with Gasteiger partial charge in [0.25, 0.3) is 5.91 Å². The summed E-state index contributed by atoms with van der Waals surface area (Å²) in [7, 11) is 1.36. The highest BCUT2D eigenvalue weighted by Gasteiger charge is 2.36. The van der Waals surface area contributed by atoms with Crippen LogP contribution in [0.1, 0.15) is 33.6 Å². The van der Waals surface area contributed by atoms with Gasteiger partial charge >= 0.3 is 12.0 Å². The third-order valence-electron chi connectivity index (χ3n) is 3.30. The Morgan fingerprint density at radius 1 is 1.38 bits per heavy atom. The summed E-state index contributed by atoms with van der Waals surface area (Å²) in [4.78, 5) is 48.5. The number of likely N-dealkylation sites (tertiary alicyclic amines) is 1. The highest BCUT2D eigenvalue weighted by Crippen LogP contribution is 2.16. The second-order valence-corrected chi connectivity index (χ2v) is 5.98. The summed E-state index contributed by atoms with van der Waals surface area (Å²) in [5.41, 5.74) is -0.706. The molecule has 2 N–H and O–H groups in total. The fourth-order valence-corrected chi connectivity index (χ4v) is 2.03. The van der Waals surface area contributed by atoms with Gasteiger partial charge in [-0.25, -0.2) is 4.79 Å². The van der Waals surface area contributed by atoms with E-state index in [1.807, 2.05) is 0 Å². The van der Waals surface area contributed by atoms with Crippen LogP contribution in [0.2, 0.25) is 0 Å². The highest BCUT2D eigenvalue weighted by molar-refractivity contribution is 6.01. The number of carbonyl (C=O) groups is 4. The first-order chi connectivity index (χ1) is 9.54. The predicted octanol–water partition coefficient (Wildman–Crippen LogP) is 0.0285. The first kappa shape index (κ1) is 16.9. The van der Waals surface area contributed by atoms with Gasteiger partial charge in [-0.15, -0.1) is 0 Å². The number of nitrogens with one attached hydrogen (secondary N) is 1. The van der Waals surface area contributed by atoms with E-state index in [4.69, 9.17) is 5.11 Å². The molecule has 0 aromatic rings. The van der Waals surface area contributed by atoms with Crippen molar-refractivity contribution in [3.05, 3.63) is 0 Å². The van der Waals surface area contributed by atoms with Gasteiger partial charge in [0.05, 0.1) is 0 Å². The maximum atomic E-state index is 12.2. The number of hydrogen-bond acceptors (Lipinski definition) is 4. The van der Waals surface area contributed by atoms with E-state index in [1.165, 1.54) is 7.05 Å². The number of likely N-dealkylation sites (N-methyl/N-ethyl adjacent to an activating group) is 1. The van der Waals surface area contributed by atoms with Crippen molar-refractivity contribution in [2.24, 2.45) is 0 Å². The molecule has 0 bridgehead atoms. The van der Waals surface area contributed by atoms with Crippen LogP contribution in [0.3, 0.4) is 0 Å². The average Bonchev–Trinajstić information content (AvgIpc) is 2.35. The Kier molecular flexibility index (Phi) is 4.93. The number of imide groups is 1. The molecule has 1 rings (SSSR count). The molecule has 0 aromatic carbocycles. The van der Waals surface area contributed by atoms with Crippen molar-refractivity contribution in [3.63, 3.8) is 0 Å². The molecule has 1 saturated heterocycles. The minimum Gasteiger partial charge on any atom is -0.480 e. The molecule has 0 aromatic heterocycles. The second kappa shape index (κ2) is 6.11. The number of carbonyl (C=O) groups excluding carboxylic acids is 3. The largest absolute Gasteiger partial charge is 0.480 e. The van der Waals surface area contributed by atoms with E-state index in [0.717, 1.165) is 9.80 Å². The number of carboxylic acids is 1. The van der Waals surface area contributed by atoms with Crippen molar-refractivity contribution in [1.82, 2.24) is 15.1 Å². The Hall–Kier alpha value is -2.12. The van der Waals surface area contributed by atoms with E-state index >= 15 is 0 Å². The standard InChI is InChI=1S/C13H21N3O5/c1-13(2,3)16(7-10(18)19)12(21)14-8-5-6-9(17)15(4)11(8)20/h8H,5-7H2,1-4H3,(H,14,21)(H,18,19). The van der Waals surface area contributed by atoms with Gasteiger partial charge in [-0.1, -0.05) is 0 Å². The van der Waals surface area contributed by atoms with Gasteiger partial charge in [-0.2, -0.15) is 0 Å². The fraction of sp³-hybridized carbons (Fsp3) is 0.692. The third-order valence-corrected chi connectivity index (χ3v) is 3.30. The first-order valence-corrected chi connectivity index (χ1v) is 6.64. The minimum atomic E-state index is -1.14. The minimum absolute atomic E-state index is 0.168. The van der Waals surface area contributed by atoms with Crippen LogP contribution in [-0.4, -0.2) is 63.9 Å². The number of carboxylic acid groups (broad SMARTS) is 1. The lowest BCUT2D eigenvalue weighted by molar-refractivity contribution is -0.147. The monoisotopic (exact) mass is 299 g/mol. The van der Waals surface area contributed by atoms with Crippen LogP contribution < -0.4 is 5.32 Å². The first-order valence-electron chi connectivity index (χ1n) is 6.64. The molecule has 8 nitrogen and oxygen atoms in total. The Morgan fingerprint density at radius 3 is 2.43 bits per heavy atom. The SMILES string of the molecule is CN1C(=O)CCC(NC(=O)N(CC(=O)O)C(C)(C)C)C1=O. The highest BCUT2D eigenvalue weighted by atomic mass is 16.4. The van der Waals surface area contributed by atoms with Crippen molar-refractivity contribution in [2.45, 2.75) is 45.2 Å². The smallest absolute Gasteiger partial charge is 0.323 e. The zero-order valence-corrected chi connectivity index (χ0v) is 12.7. The molecular weight excluding hydrogens is 278 g/mol. The Bertz CT molecular complexity index is 469. The van der Waals surface area contributed by atoms with Crippen LogP contribution in [0.5, 0.6) is 0 Å². The Balaban J connectivity index is 2.80. The lowest BCUT2D eigenvalue weighted by Crippen LogP contribution is -2.59. The molecule has 1 aliphatic rings. The van der Waals surface area contributed by atoms with Gasteiger partial charge in [0.2, 0.25) is 5.91 Å². The van der Waals surface area contributed by atoms with Crippen molar-refractivity contribution in [1.29, 1.82) is 0 Å². The van der Waals surface area contributed by atoms with Gasteiger partial charge in [0.1, 0.15) is 12.6 Å². The number of nitrogens with zero attached hydrogens (tertiary/aromatic N) is 2. The lowest BCUT2D eigenvalue weighted by atomic mass is 10.0. The summed E-state index contributed by atoms with van der Waals surface area (Å²) in [6, 6.07) is -1.44. The molecule has 21 heavy (non-hydrogen) atoms. The number of hydrogen-bond donors (Lipinski definition) is 2. The number of amides is 4. The van der Waals surface area contributed by atoms with Crippen molar-refractivity contribution in [3.8, 4) is 0 Å². The molecule has 8 heteroatoms. The van der Waals surface area contributed by atoms with Gasteiger partial charge in [-0.05, 0) is 27.2 Å². The van der Waals surface area contributed by atoms with E-state index < -0.39 is 36.0 Å². The summed E-state index contributed by atoms with van der Waals surface area (Å²) in [5.74, 6) is -1.91. The molecule has 0 saturated carbocycles. The fourth-order valence-electron chi connectivity index (χ4n) is 2.03. The molecule has 118 valence electrons. The molecule has 1 aliphatic heterocycles. The summed E-state index contributed by atoms with van der Waals surface area (Å²) in [5, 5.41) is 11.4. The lowest BCUT2D eigenvalue weighted by Gasteiger charge is -2.36. The zero-order chi connectivity index (χ0) is 16.4. The molecule has 0 spiro atoms. The number of piperidine rings is 1. The van der Waals surface area contributed by atoms with Crippen LogP contribution in [0.4, 0.5) is 4.79 Å². The Morgan fingerprint density at radius 2 is 1.95 bits per heavy atom. The molecule has 0 aliphatic carbocycles. The summed E-state index contributed by atoms with van der Waals surface area (Å²) >= 11 is 0. The summed E-state index contributed by atoms with van der Waals surface area (Å²) < 4.78 is 0. The third kappa shape index (κ3) is 4.17. The quantitative estimate of drug-likeness (QED) is 0.715. The predicted molar refractivity (Wildman–Crippen MR) is 73.4 cm³/mol. The van der Waals surface area contributed by atoms with Crippen molar-refractivity contribution < 1.29 is 24.3 Å². The van der Waals surface area contributed by atoms with Crippen molar-refractivity contribution in [2.75, 3.05) is 13.6 Å². The maximum Gasteiger partial charge on any atom is 0.323 e.